The highest BCUT2D eigenvalue weighted by atomic mass is 16.7. The molecule has 1 fully saturated rings. The van der Waals surface area contributed by atoms with Crippen molar-refractivity contribution in [3.05, 3.63) is 35.9 Å². The number of hydrogen-bond acceptors (Lipinski definition) is 6. The predicted molar refractivity (Wildman–Crippen MR) is 68.9 cm³/mol. The van der Waals surface area contributed by atoms with Crippen LogP contribution in [0.2, 0.25) is 0 Å². The molecule has 2 heterocycles. The van der Waals surface area contributed by atoms with Gasteiger partial charge in [-0.15, -0.1) is 0 Å². The number of rotatable bonds is 5. The molecule has 0 unspecified atom stereocenters. The summed E-state index contributed by atoms with van der Waals surface area (Å²) in [6, 6.07) is 9.64. The quantitative estimate of drug-likeness (QED) is 0.793. The number of hydrogen-bond donors (Lipinski definition) is 1. The van der Waals surface area contributed by atoms with E-state index in [4.69, 9.17) is 14.3 Å². The van der Waals surface area contributed by atoms with Gasteiger partial charge < -0.3 is 19.4 Å². The third-order valence-electron chi connectivity index (χ3n) is 3.44. The SMILES string of the molecule is O=C1OC[C@@H]2C([C@H](CO)OCc3ccccc3)=NO[C@H]12. The molecule has 1 aromatic carbocycles. The van der Waals surface area contributed by atoms with Crippen molar-refractivity contribution in [1.82, 2.24) is 0 Å². The second kappa shape index (κ2) is 5.60. The van der Waals surface area contributed by atoms with Crippen LogP contribution in [0.15, 0.2) is 35.5 Å². The molecule has 0 radical (unpaired) electrons. The van der Waals surface area contributed by atoms with E-state index in [-0.39, 0.29) is 19.1 Å². The molecule has 0 amide bonds. The Morgan fingerprint density at radius 3 is 2.95 bits per heavy atom. The average Bonchev–Trinajstić information content (AvgIpc) is 3.05. The van der Waals surface area contributed by atoms with Crippen LogP contribution in [0, 0.1) is 5.92 Å². The third-order valence-corrected chi connectivity index (χ3v) is 3.44. The second-order valence-corrected chi connectivity index (χ2v) is 4.75. The van der Waals surface area contributed by atoms with Gasteiger partial charge in [0.05, 0.1) is 24.8 Å². The Labute approximate surface area is 115 Å². The summed E-state index contributed by atoms with van der Waals surface area (Å²) in [6.45, 7) is 0.372. The lowest BCUT2D eigenvalue weighted by atomic mass is 9.97. The minimum Gasteiger partial charge on any atom is -0.462 e. The Kier molecular flexibility index (Phi) is 3.66. The fraction of sp³-hybridized carbons (Fsp3) is 0.429. The monoisotopic (exact) mass is 277 g/mol. The molecule has 1 aromatic rings. The zero-order valence-electron chi connectivity index (χ0n) is 10.8. The summed E-state index contributed by atoms with van der Waals surface area (Å²) < 4.78 is 10.6. The summed E-state index contributed by atoms with van der Waals surface area (Å²) in [6.07, 6.45) is -1.26. The fourth-order valence-electron chi connectivity index (χ4n) is 2.35. The van der Waals surface area contributed by atoms with Crippen molar-refractivity contribution in [2.24, 2.45) is 11.1 Å². The predicted octanol–water partition coefficient (Wildman–Crippen LogP) is 0.492. The first-order chi connectivity index (χ1) is 9.79. The number of carbonyl (C=O) groups excluding carboxylic acids is 1. The van der Waals surface area contributed by atoms with Crippen molar-refractivity contribution in [3.63, 3.8) is 0 Å². The van der Waals surface area contributed by atoms with Crippen LogP contribution >= 0.6 is 0 Å². The van der Waals surface area contributed by atoms with Crippen molar-refractivity contribution < 1.29 is 24.2 Å². The zero-order valence-corrected chi connectivity index (χ0v) is 10.8. The van der Waals surface area contributed by atoms with E-state index in [1.54, 1.807) is 0 Å². The number of ether oxygens (including phenoxy) is 2. The minimum absolute atomic E-state index is 0.216. The Hall–Kier alpha value is -1.92. The van der Waals surface area contributed by atoms with E-state index >= 15 is 0 Å². The number of esters is 1. The summed E-state index contributed by atoms with van der Waals surface area (Å²) in [4.78, 5) is 16.4. The van der Waals surface area contributed by atoms with E-state index in [9.17, 15) is 9.90 Å². The van der Waals surface area contributed by atoms with Gasteiger partial charge in [-0.3, -0.25) is 0 Å². The summed E-state index contributed by atoms with van der Waals surface area (Å²) in [5.41, 5.74) is 1.54. The molecule has 0 aliphatic carbocycles. The number of aliphatic hydroxyl groups is 1. The van der Waals surface area contributed by atoms with Gasteiger partial charge in [0.1, 0.15) is 12.7 Å². The molecule has 20 heavy (non-hydrogen) atoms. The molecule has 2 aliphatic heterocycles. The number of nitrogens with zero attached hydrogens (tertiary/aromatic N) is 1. The molecule has 3 atom stereocenters. The molecule has 0 bridgehead atoms. The summed E-state index contributed by atoms with van der Waals surface area (Å²) >= 11 is 0. The maximum absolute atomic E-state index is 11.4. The summed E-state index contributed by atoms with van der Waals surface area (Å²) in [5, 5.41) is 13.3. The van der Waals surface area contributed by atoms with Crippen molar-refractivity contribution in [2.75, 3.05) is 13.2 Å². The van der Waals surface area contributed by atoms with E-state index < -0.39 is 18.2 Å². The van der Waals surface area contributed by atoms with Crippen LogP contribution in [-0.2, 0) is 25.7 Å². The molecular weight excluding hydrogens is 262 g/mol. The van der Waals surface area contributed by atoms with Crippen LogP contribution in [0.1, 0.15) is 5.56 Å². The van der Waals surface area contributed by atoms with Gasteiger partial charge in [0.25, 0.3) is 0 Å². The lowest BCUT2D eigenvalue weighted by molar-refractivity contribution is -0.146. The van der Waals surface area contributed by atoms with Crippen LogP contribution < -0.4 is 0 Å². The van der Waals surface area contributed by atoms with Crippen LogP contribution in [0.5, 0.6) is 0 Å². The van der Waals surface area contributed by atoms with E-state index in [2.05, 4.69) is 5.16 Å². The third kappa shape index (κ3) is 2.39. The lowest BCUT2D eigenvalue weighted by Crippen LogP contribution is -2.35. The van der Waals surface area contributed by atoms with Gasteiger partial charge in [-0.05, 0) is 5.56 Å². The average molecular weight is 277 g/mol. The second-order valence-electron chi connectivity index (χ2n) is 4.75. The first-order valence-corrected chi connectivity index (χ1v) is 6.46. The molecule has 0 spiro atoms. The molecule has 6 nitrogen and oxygen atoms in total. The van der Waals surface area contributed by atoms with Gasteiger partial charge in [0.15, 0.2) is 0 Å². The standard InChI is InChI=1S/C14H15NO5/c16-6-11(18-7-9-4-2-1-3-5-9)12-10-8-19-14(17)13(10)20-15-12/h1-5,10-11,13,16H,6-8H2/t10-,11+,13+/m1/s1. The van der Waals surface area contributed by atoms with Gasteiger partial charge in [-0.25, -0.2) is 4.79 Å². The summed E-state index contributed by atoms with van der Waals surface area (Å²) in [5.74, 6) is -0.663. The number of cyclic esters (lactones) is 1. The molecule has 1 saturated heterocycles. The highest BCUT2D eigenvalue weighted by molar-refractivity contribution is 5.98. The fourth-order valence-corrected chi connectivity index (χ4v) is 2.35. The zero-order chi connectivity index (χ0) is 13.9. The normalized spacial score (nSPS) is 25.6. The van der Waals surface area contributed by atoms with Crippen LogP contribution in [0.25, 0.3) is 0 Å². The van der Waals surface area contributed by atoms with Gasteiger partial charge in [-0.2, -0.15) is 0 Å². The molecular formula is C14H15NO5. The van der Waals surface area contributed by atoms with Crippen molar-refractivity contribution in [1.29, 1.82) is 0 Å². The number of carbonyl (C=O) groups is 1. The number of fused-ring (bicyclic) bond motifs is 1. The van der Waals surface area contributed by atoms with Gasteiger partial charge in [0, 0.05) is 0 Å². The van der Waals surface area contributed by atoms with Crippen LogP contribution in [-0.4, -0.2) is 42.2 Å². The van der Waals surface area contributed by atoms with Crippen molar-refractivity contribution in [2.45, 2.75) is 18.8 Å². The number of benzene rings is 1. The first kappa shape index (κ1) is 13.1. The van der Waals surface area contributed by atoms with E-state index in [1.165, 1.54) is 0 Å². The molecule has 2 aliphatic rings. The Morgan fingerprint density at radius 1 is 1.40 bits per heavy atom. The molecule has 3 rings (SSSR count). The number of aliphatic hydroxyl groups excluding tert-OH is 1. The Morgan fingerprint density at radius 2 is 2.20 bits per heavy atom. The van der Waals surface area contributed by atoms with Gasteiger partial charge in [0.2, 0.25) is 6.10 Å². The topological polar surface area (TPSA) is 77.4 Å². The Bertz CT molecular complexity index is 516. The lowest BCUT2D eigenvalue weighted by Gasteiger charge is -2.17. The largest absolute Gasteiger partial charge is 0.462 e. The van der Waals surface area contributed by atoms with Gasteiger partial charge in [-0.1, -0.05) is 35.5 Å². The molecule has 0 saturated carbocycles. The highest BCUT2D eigenvalue weighted by Crippen LogP contribution is 2.28. The van der Waals surface area contributed by atoms with E-state index in [0.717, 1.165) is 5.56 Å². The van der Waals surface area contributed by atoms with Crippen LogP contribution in [0.4, 0.5) is 0 Å². The molecule has 106 valence electrons. The molecule has 0 aromatic heterocycles. The smallest absolute Gasteiger partial charge is 0.351 e. The van der Waals surface area contributed by atoms with Crippen molar-refractivity contribution in [3.8, 4) is 0 Å². The van der Waals surface area contributed by atoms with E-state index in [1.807, 2.05) is 30.3 Å². The summed E-state index contributed by atoms with van der Waals surface area (Å²) in [7, 11) is 0. The minimum atomic E-state index is -0.681. The van der Waals surface area contributed by atoms with E-state index in [0.29, 0.717) is 12.3 Å². The molecule has 6 heteroatoms. The number of oxime groups is 1. The van der Waals surface area contributed by atoms with Crippen LogP contribution in [0.3, 0.4) is 0 Å². The highest BCUT2D eigenvalue weighted by Gasteiger charge is 2.48. The maximum Gasteiger partial charge on any atom is 0.351 e. The molecule has 1 N–H and O–H groups in total. The maximum atomic E-state index is 11.4. The van der Waals surface area contributed by atoms with Crippen molar-refractivity contribution >= 4 is 11.7 Å². The van der Waals surface area contributed by atoms with Gasteiger partial charge >= 0.3 is 5.97 Å². The Balaban J connectivity index is 1.64. The first-order valence-electron chi connectivity index (χ1n) is 6.46.